The summed E-state index contributed by atoms with van der Waals surface area (Å²) in [7, 11) is 0. The molecule has 194 valence electrons. The molecular weight excluding hydrogens is 490 g/mol. The third kappa shape index (κ3) is 6.80. The van der Waals surface area contributed by atoms with Crippen molar-refractivity contribution in [1.82, 2.24) is 9.80 Å². The minimum atomic E-state index is -0.459. The van der Waals surface area contributed by atoms with Crippen molar-refractivity contribution in [3.8, 4) is 5.75 Å². The highest BCUT2D eigenvalue weighted by molar-refractivity contribution is 8.18. The second kappa shape index (κ2) is 12.1. The topological polar surface area (TPSA) is 96.0 Å². The fourth-order valence-corrected chi connectivity index (χ4v) is 5.11. The van der Waals surface area contributed by atoms with E-state index in [4.69, 9.17) is 4.74 Å². The molecule has 4 amide bonds. The van der Waals surface area contributed by atoms with Gasteiger partial charge in [0, 0.05) is 18.8 Å². The molecule has 0 radical (unpaired) electrons. The van der Waals surface area contributed by atoms with E-state index in [-0.39, 0.29) is 35.8 Å². The minimum Gasteiger partial charge on any atom is -0.484 e. The van der Waals surface area contributed by atoms with Gasteiger partial charge in [-0.15, -0.1) is 0 Å². The lowest BCUT2D eigenvalue weighted by Gasteiger charge is -2.27. The van der Waals surface area contributed by atoms with E-state index in [1.54, 1.807) is 35.2 Å². The molecule has 0 saturated carbocycles. The van der Waals surface area contributed by atoms with Crippen LogP contribution in [0.4, 0.5) is 10.5 Å². The van der Waals surface area contributed by atoms with Crippen molar-refractivity contribution >= 4 is 46.5 Å². The maximum atomic E-state index is 12.8. The lowest BCUT2D eigenvalue weighted by molar-refractivity contribution is -0.136. The molecule has 1 N–H and O–H groups in total. The third-order valence-corrected chi connectivity index (χ3v) is 7.19. The molecular formula is C28H31N3O5S. The van der Waals surface area contributed by atoms with E-state index in [0.29, 0.717) is 24.4 Å². The number of para-hydroxylation sites is 1. The van der Waals surface area contributed by atoms with Crippen LogP contribution in [0.2, 0.25) is 0 Å². The Kier molecular flexibility index (Phi) is 8.66. The first-order valence-corrected chi connectivity index (χ1v) is 13.3. The van der Waals surface area contributed by atoms with E-state index >= 15 is 0 Å². The van der Waals surface area contributed by atoms with Crippen molar-refractivity contribution in [2.75, 3.05) is 31.6 Å². The third-order valence-electron chi connectivity index (χ3n) is 6.28. The van der Waals surface area contributed by atoms with Gasteiger partial charge in [0.2, 0.25) is 5.91 Å². The molecule has 2 aromatic rings. The number of benzene rings is 2. The molecule has 8 nitrogen and oxygen atoms in total. The number of amides is 4. The van der Waals surface area contributed by atoms with Crippen LogP contribution in [0.1, 0.15) is 50.2 Å². The summed E-state index contributed by atoms with van der Waals surface area (Å²) in [5, 5.41) is 2.45. The van der Waals surface area contributed by atoms with E-state index in [0.717, 1.165) is 47.2 Å². The summed E-state index contributed by atoms with van der Waals surface area (Å²) in [5.74, 6) is -0.128. The molecule has 37 heavy (non-hydrogen) atoms. The SMILES string of the molecule is CC(C)c1ccccc1NC(=O)COc1ccc(/C=C2\SC(=O)N(CC(=O)N3CCCCC3)C2=O)cc1. The summed E-state index contributed by atoms with van der Waals surface area (Å²) in [6.07, 6.45) is 4.61. The van der Waals surface area contributed by atoms with Crippen molar-refractivity contribution < 1.29 is 23.9 Å². The molecule has 2 aliphatic rings. The highest BCUT2D eigenvalue weighted by Gasteiger charge is 2.37. The average molecular weight is 522 g/mol. The van der Waals surface area contributed by atoms with Gasteiger partial charge in [0.15, 0.2) is 6.61 Å². The first kappa shape index (κ1) is 26.5. The molecule has 0 unspecified atom stereocenters. The van der Waals surface area contributed by atoms with Crippen LogP contribution < -0.4 is 10.1 Å². The molecule has 0 atom stereocenters. The van der Waals surface area contributed by atoms with Crippen LogP contribution in [0.15, 0.2) is 53.4 Å². The number of nitrogens with zero attached hydrogens (tertiary/aromatic N) is 2. The zero-order chi connectivity index (χ0) is 26.4. The number of piperidine rings is 1. The Hall–Kier alpha value is -3.59. The predicted octanol–water partition coefficient (Wildman–Crippen LogP) is 4.88. The zero-order valence-corrected chi connectivity index (χ0v) is 21.9. The molecule has 0 aliphatic carbocycles. The summed E-state index contributed by atoms with van der Waals surface area (Å²) in [5.41, 5.74) is 2.53. The Bertz CT molecular complexity index is 1200. The number of thioether (sulfide) groups is 1. The van der Waals surface area contributed by atoms with E-state index in [1.165, 1.54) is 0 Å². The molecule has 0 aromatic heterocycles. The maximum absolute atomic E-state index is 12.8. The van der Waals surface area contributed by atoms with Crippen LogP contribution in [0, 0.1) is 0 Å². The van der Waals surface area contributed by atoms with Crippen molar-refractivity contribution in [3.63, 3.8) is 0 Å². The smallest absolute Gasteiger partial charge is 0.294 e. The largest absolute Gasteiger partial charge is 0.484 e. The quantitative estimate of drug-likeness (QED) is 0.498. The van der Waals surface area contributed by atoms with Gasteiger partial charge >= 0.3 is 0 Å². The summed E-state index contributed by atoms with van der Waals surface area (Å²) in [4.78, 5) is 53.1. The number of rotatable bonds is 8. The fourth-order valence-electron chi connectivity index (χ4n) is 4.28. The maximum Gasteiger partial charge on any atom is 0.294 e. The molecule has 4 rings (SSSR count). The Morgan fingerprint density at radius 2 is 1.73 bits per heavy atom. The number of likely N-dealkylation sites (tertiary alicyclic amines) is 1. The fraction of sp³-hybridized carbons (Fsp3) is 0.357. The number of anilines is 1. The lowest BCUT2D eigenvalue weighted by atomic mass is 10.0. The van der Waals surface area contributed by atoms with Gasteiger partial charge in [0.25, 0.3) is 17.1 Å². The number of hydrogen-bond donors (Lipinski definition) is 1. The van der Waals surface area contributed by atoms with Crippen LogP contribution in [0.5, 0.6) is 5.75 Å². The molecule has 2 saturated heterocycles. The number of ether oxygens (including phenoxy) is 1. The van der Waals surface area contributed by atoms with Crippen molar-refractivity contribution in [2.45, 2.75) is 39.0 Å². The second-order valence-electron chi connectivity index (χ2n) is 9.36. The zero-order valence-electron chi connectivity index (χ0n) is 21.1. The van der Waals surface area contributed by atoms with Gasteiger partial charge in [-0.1, -0.05) is 44.2 Å². The van der Waals surface area contributed by atoms with Gasteiger partial charge in [0.1, 0.15) is 12.3 Å². The van der Waals surface area contributed by atoms with Gasteiger partial charge in [-0.2, -0.15) is 0 Å². The van der Waals surface area contributed by atoms with Crippen LogP contribution in [0.3, 0.4) is 0 Å². The van der Waals surface area contributed by atoms with Crippen LogP contribution in [-0.2, 0) is 14.4 Å². The number of carbonyl (C=O) groups is 4. The van der Waals surface area contributed by atoms with Gasteiger partial charge in [-0.25, -0.2) is 0 Å². The molecule has 2 heterocycles. The average Bonchev–Trinajstić information content (AvgIpc) is 3.16. The van der Waals surface area contributed by atoms with E-state index in [9.17, 15) is 19.2 Å². The monoisotopic (exact) mass is 521 g/mol. The van der Waals surface area contributed by atoms with E-state index < -0.39 is 11.1 Å². The lowest BCUT2D eigenvalue weighted by Crippen LogP contribution is -2.44. The highest BCUT2D eigenvalue weighted by atomic mass is 32.2. The van der Waals surface area contributed by atoms with Crippen LogP contribution >= 0.6 is 11.8 Å². The molecule has 9 heteroatoms. The van der Waals surface area contributed by atoms with Crippen molar-refractivity contribution in [3.05, 3.63) is 64.6 Å². The summed E-state index contributed by atoms with van der Waals surface area (Å²) >= 11 is 0.831. The second-order valence-corrected chi connectivity index (χ2v) is 10.4. The number of imide groups is 1. The summed E-state index contributed by atoms with van der Waals surface area (Å²) in [6.45, 7) is 5.11. The minimum absolute atomic E-state index is 0.143. The van der Waals surface area contributed by atoms with Crippen molar-refractivity contribution in [2.24, 2.45) is 0 Å². The Labute approximate surface area is 221 Å². The number of nitrogens with one attached hydrogen (secondary N) is 1. The number of hydrogen-bond acceptors (Lipinski definition) is 6. The highest BCUT2D eigenvalue weighted by Crippen LogP contribution is 2.32. The van der Waals surface area contributed by atoms with Gasteiger partial charge in [-0.05, 0) is 72.3 Å². The first-order chi connectivity index (χ1) is 17.8. The first-order valence-electron chi connectivity index (χ1n) is 12.5. The Morgan fingerprint density at radius 3 is 2.43 bits per heavy atom. The molecule has 2 aliphatic heterocycles. The van der Waals surface area contributed by atoms with Crippen LogP contribution in [-0.4, -0.2) is 59.0 Å². The Morgan fingerprint density at radius 1 is 1.03 bits per heavy atom. The standard InChI is InChI=1S/C28H31N3O5S/c1-19(2)22-8-4-5-9-23(22)29-25(32)18-36-21-12-10-20(11-13-21)16-24-27(34)31(28(35)37-24)17-26(33)30-14-6-3-7-15-30/h4-5,8-13,16,19H,3,6-7,14-15,17-18H2,1-2H3,(H,29,32)/b24-16-. The van der Waals surface area contributed by atoms with Gasteiger partial charge in [-0.3, -0.25) is 24.1 Å². The normalized spacial score (nSPS) is 17.0. The van der Waals surface area contributed by atoms with Gasteiger partial charge in [0.05, 0.1) is 4.91 Å². The number of carbonyl (C=O) groups excluding carboxylic acids is 4. The van der Waals surface area contributed by atoms with Crippen molar-refractivity contribution in [1.29, 1.82) is 0 Å². The van der Waals surface area contributed by atoms with Gasteiger partial charge < -0.3 is 15.0 Å². The van der Waals surface area contributed by atoms with Crippen LogP contribution in [0.25, 0.3) is 6.08 Å². The molecule has 2 fully saturated rings. The van der Waals surface area contributed by atoms with E-state index in [2.05, 4.69) is 19.2 Å². The summed E-state index contributed by atoms with van der Waals surface area (Å²) < 4.78 is 5.61. The summed E-state index contributed by atoms with van der Waals surface area (Å²) in [6, 6.07) is 14.6. The Balaban J connectivity index is 1.31. The van der Waals surface area contributed by atoms with E-state index in [1.807, 2.05) is 24.3 Å². The molecule has 2 aromatic carbocycles. The molecule has 0 spiro atoms. The molecule has 0 bridgehead atoms. The predicted molar refractivity (Wildman–Crippen MR) is 144 cm³/mol.